The van der Waals surface area contributed by atoms with Gasteiger partial charge in [0.25, 0.3) is 0 Å². The van der Waals surface area contributed by atoms with Gasteiger partial charge in [-0.3, -0.25) is 9.78 Å². The zero-order valence-corrected chi connectivity index (χ0v) is 17.4. The first-order valence-corrected chi connectivity index (χ1v) is 11.5. The summed E-state index contributed by atoms with van der Waals surface area (Å²) in [7, 11) is 0. The van der Waals surface area contributed by atoms with Crippen LogP contribution >= 0.6 is 11.3 Å². The second kappa shape index (κ2) is 9.61. The number of nitrogens with zero attached hydrogens (tertiary/aromatic N) is 4. The van der Waals surface area contributed by atoms with Crippen LogP contribution in [0.5, 0.6) is 0 Å². The lowest BCUT2D eigenvalue weighted by atomic mass is 9.89. The number of hydrogen-bond donors (Lipinski definition) is 0. The Morgan fingerprint density at radius 3 is 2.79 bits per heavy atom. The number of pyridine rings is 1. The lowest BCUT2D eigenvalue weighted by molar-refractivity contribution is -0.130. The topological polar surface area (TPSA) is 49.3 Å². The SMILES string of the molecule is O=C(Cc1csc(-c2ccccn2)n1)N1CCCN(CC2CCCCC2)CC1. The summed E-state index contributed by atoms with van der Waals surface area (Å²) in [6, 6.07) is 5.82. The van der Waals surface area contributed by atoms with E-state index in [2.05, 4.69) is 14.9 Å². The van der Waals surface area contributed by atoms with Gasteiger partial charge in [-0.1, -0.05) is 25.3 Å². The normalized spacial score (nSPS) is 19.5. The van der Waals surface area contributed by atoms with Gasteiger partial charge in [-0.05, 0) is 43.9 Å². The molecule has 1 saturated carbocycles. The molecule has 3 heterocycles. The number of aromatic nitrogens is 2. The van der Waals surface area contributed by atoms with Crippen LogP contribution in [0, 0.1) is 5.92 Å². The molecule has 28 heavy (non-hydrogen) atoms. The first-order valence-electron chi connectivity index (χ1n) is 10.6. The minimum Gasteiger partial charge on any atom is -0.341 e. The number of hydrogen-bond acceptors (Lipinski definition) is 5. The van der Waals surface area contributed by atoms with Crippen LogP contribution in [0.3, 0.4) is 0 Å². The minimum atomic E-state index is 0.206. The molecule has 150 valence electrons. The van der Waals surface area contributed by atoms with Gasteiger partial charge in [0, 0.05) is 37.8 Å². The van der Waals surface area contributed by atoms with Crippen molar-refractivity contribution in [1.29, 1.82) is 0 Å². The Kier molecular flexibility index (Phi) is 6.70. The zero-order chi connectivity index (χ0) is 19.2. The predicted octanol–water partition coefficient (Wildman–Crippen LogP) is 3.86. The fourth-order valence-corrected chi connectivity index (χ4v) is 5.19. The molecule has 0 aromatic carbocycles. The van der Waals surface area contributed by atoms with Gasteiger partial charge >= 0.3 is 0 Å². The second-order valence-electron chi connectivity index (χ2n) is 8.07. The van der Waals surface area contributed by atoms with Gasteiger partial charge in [0.1, 0.15) is 5.01 Å². The van der Waals surface area contributed by atoms with Crippen molar-refractivity contribution < 1.29 is 4.79 Å². The molecule has 4 rings (SSSR count). The fourth-order valence-electron chi connectivity index (χ4n) is 4.40. The highest BCUT2D eigenvalue weighted by Crippen LogP contribution is 2.25. The molecule has 0 unspecified atom stereocenters. The lowest BCUT2D eigenvalue weighted by Gasteiger charge is -2.28. The van der Waals surface area contributed by atoms with E-state index in [1.54, 1.807) is 17.5 Å². The highest BCUT2D eigenvalue weighted by Gasteiger charge is 2.23. The van der Waals surface area contributed by atoms with Crippen LogP contribution in [0.1, 0.15) is 44.2 Å². The number of thiazole rings is 1. The summed E-state index contributed by atoms with van der Waals surface area (Å²) >= 11 is 1.56. The van der Waals surface area contributed by atoms with Crippen molar-refractivity contribution in [3.8, 4) is 10.7 Å². The Bertz CT molecular complexity index is 757. The smallest absolute Gasteiger partial charge is 0.228 e. The molecule has 0 spiro atoms. The van der Waals surface area contributed by atoms with Gasteiger partial charge in [0.2, 0.25) is 5.91 Å². The molecule has 0 radical (unpaired) electrons. The van der Waals surface area contributed by atoms with Crippen molar-refractivity contribution in [3.63, 3.8) is 0 Å². The molecule has 6 heteroatoms. The van der Waals surface area contributed by atoms with Crippen molar-refractivity contribution in [2.45, 2.75) is 44.9 Å². The maximum Gasteiger partial charge on any atom is 0.228 e. The van der Waals surface area contributed by atoms with Crippen LogP contribution in [0.25, 0.3) is 10.7 Å². The standard InChI is InChI=1S/C22H30N4OS/c27-21(15-19-17-28-22(24-19)20-9-4-5-10-23-20)26-12-6-11-25(13-14-26)16-18-7-2-1-3-8-18/h4-5,9-10,17-18H,1-3,6-8,11-16H2. The summed E-state index contributed by atoms with van der Waals surface area (Å²) in [5, 5.41) is 2.88. The Labute approximate surface area is 171 Å². The molecule has 1 aliphatic carbocycles. The van der Waals surface area contributed by atoms with E-state index in [1.165, 1.54) is 38.6 Å². The molecule has 2 aliphatic rings. The van der Waals surface area contributed by atoms with E-state index >= 15 is 0 Å². The van der Waals surface area contributed by atoms with Gasteiger partial charge in [0.05, 0.1) is 17.8 Å². The summed E-state index contributed by atoms with van der Waals surface area (Å²) < 4.78 is 0. The van der Waals surface area contributed by atoms with E-state index in [-0.39, 0.29) is 5.91 Å². The summed E-state index contributed by atoms with van der Waals surface area (Å²) in [5.74, 6) is 1.08. The third-order valence-electron chi connectivity index (χ3n) is 5.95. The monoisotopic (exact) mass is 398 g/mol. The Morgan fingerprint density at radius 2 is 1.96 bits per heavy atom. The van der Waals surface area contributed by atoms with E-state index in [1.807, 2.05) is 28.5 Å². The van der Waals surface area contributed by atoms with Crippen molar-refractivity contribution in [2.75, 3.05) is 32.7 Å². The number of carbonyl (C=O) groups is 1. The molecular weight excluding hydrogens is 368 g/mol. The first kappa shape index (κ1) is 19.5. The average Bonchev–Trinajstić information content (AvgIpc) is 3.07. The number of carbonyl (C=O) groups excluding carboxylic acids is 1. The van der Waals surface area contributed by atoms with Gasteiger partial charge in [0.15, 0.2) is 0 Å². The third-order valence-corrected chi connectivity index (χ3v) is 6.86. The molecule has 1 aliphatic heterocycles. The highest BCUT2D eigenvalue weighted by molar-refractivity contribution is 7.13. The first-order chi connectivity index (χ1) is 13.8. The molecule has 2 aromatic rings. The van der Waals surface area contributed by atoms with Crippen molar-refractivity contribution >= 4 is 17.2 Å². The molecule has 0 N–H and O–H groups in total. The van der Waals surface area contributed by atoms with E-state index < -0.39 is 0 Å². The van der Waals surface area contributed by atoms with Crippen LogP contribution in [0.15, 0.2) is 29.8 Å². The Morgan fingerprint density at radius 1 is 1.07 bits per heavy atom. The average molecular weight is 399 g/mol. The van der Waals surface area contributed by atoms with E-state index in [4.69, 9.17) is 0 Å². The Hall–Kier alpha value is -1.79. The summed E-state index contributed by atoms with van der Waals surface area (Å²) in [6.07, 6.45) is 10.2. The van der Waals surface area contributed by atoms with E-state index in [0.29, 0.717) is 6.42 Å². The molecule has 5 nitrogen and oxygen atoms in total. The Balaban J connectivity index is 1.28. The molecule has 0 bridgehead atoms. The van der Waals surface area contributed by atoms with E-state index in [0.717, 1.165) is 54.9 Å². The lowest BCUT2D eigenvalue weighted by Crippen LogP contribution is -2.37. The molecule has 1 amide bonds. The van der Waals surface area contributed by atoms with Crippen LogP contribution in [-0.4, -0.2) is 58.4 Å². The minimum absolute atomic E-state index is 0.206. The third kappa shape index (κ3) is 5.17. The summed E-state index contributed by atoms with van der Waals surface area (Å²) in [6.45, 7) is 5.08. The molecule has 1 saturated heterocycles. The van der Waals surface area contributed by atoms with Gasteiger partial charge < -0.3 is 9.80 Å². The maximum absolute atomic E-state index is 12.8. The molecule has 2 aromatic heterocycles. The van der Waals surface area contributed by atoms with Crippen molar-refractivity contribution in [2.24, 2.45) is 5.92 Å². The summed E-state index contributed by atoms with van der Waals surface area (Å²) in [4.78, 5) is 26.4. The molecular formula is C22H30N4OS. The van der Waals surface area contributed by atoms with Gasteiger partial charge in [-0.15, -0.1) is 11.3 Å². The van der Waals surface area contributed by atoms with Crippen LogP contribution in [-0.2, 0) is 11.2 Å². The fraction of sp³-hybridized carbons (Fsp3) is 0.591. The van der Waals surface area contributed by atoms with Gasteiger partial charge in [-0.25, -0.2) is 4.98 Å². The predicted molar refractivity (Wildman–Crippen MR) is 113 cm³/mol. The highest BCUT2D eigenvalue weighted by atomic mass is 32.1. The molecule has 0 atom stereocenters. The number of amides is 1. The van der Waals surface area contributed by atoms with Crippen LogP contribution < -0.4 is 0 Å². The van der Waals surface area contributed by atoms with E-state index in [9.17, 15) is 4.79 Å². The van der Waals surface area contributed by atoms with Crippen molar-refractivity contribution in [1.82, 2.24) is 19.8 Å². The maximum atomic E-state index is 12.8. The quantitative estimate of drug-likeness (QED) is 0.767. The zero-order valence-electron chi connectivity index (χ0n) is 16.6. The van der Waals surface area contributed by atoms with Crippen LogP contribution in [0.2, 0.25) is 0 Å². The summed E-state index contributed by atoms with van der Waals surface area (Å²) in [5.41, 5.74) is 1.73. The van der Waals surface area contributed by atoms with Crippen LogP contribution in [0.4, 0.5) is 0 Å². The molecule has 2 fully saturated rings. The van der Waals surface area contributed by atoms with Crippen molar-refractivity contribution in [3.05, 3.63) is 35.5 Å². The van der Waals surface area contributed by atoms with Gasteiger partial charge in [-0.2, -0.15) is 0 Å². The largest absolute Gasteiger partial charge is 0.341 e. The second-order valence-corrected chi connectivity index (χ2v) is 8.93. The number of rotatable bonds is 5.